The van der Waals surface area contributed by atoms with E-state index in [-0.39, 0.29) is 0 Å². The van der Waals surface area contributed by atoms with Gasteiger partial charge in [0.2, 0.25) is 0 Å². The van der Waals surface area contributed by atoms with Gasteiger partial charge in [0, 0.05) is 6.42 Å². The van der Waals surface area contributed by atoms with Gasteiger partial charge in [-0.1, -0.05) is 48.6 Å². The maximum atomic E-state index is 2.38. The summed E-state index contributed by atoms with van der Waals surface area (Å²) >= 11 is 0. The molecular weight excluding hydrogens is 160 g/mol. The molecule has 0 aliphatic heterocycles. The molecule has 0 amide bonds. The summed E-state index contributed by atoms with van der Waals surface area (Å²) in [6, 6.07) is 8.66. The summed E-state index contributed by atoms with van der Waals surface area (Å²) in [4.78, 5) is 0. The van der Waals surface area contributed by atoms with Crippen molar-refractivity contribution in [2.24, 2.45) is 0 Å². The van der Waals surface area contributed by atoms with Crippen LogP contribution in [0, 0.1) is 6.42 Å². The summed E-state index contributed by atoms with van der Waals surface area (Å²) in [5.41, 5.74) is 2.87. The fraction of sp³-hybridized carbons (Fsp3) is 0.182. The standard InChI is InChI=1S/C11H13Si/c1-12(2)11-8-7-9-5-3-4-6-10(9)11/h3-8,12H,1-2H3. The number of hydrogen-bond acceptors (Lipinski definition) is 0. The minimum atomic E-state index is -0.630. The van der Waals surface area contributed by atoms with Crippen LogP contribution >= 0.6 is 0 Å². The maximum Gasteiger partial charge on any atom is 0.0651 e. The van der Waals surface area contributed by atoms with E-state index < -0.39 is 8.80 Å². The van der Waals surface area contributed by atoms with Crippen molar-refractivity contribution in [1.29, 1.82) is 0 Å². The Bertz CT molecular complexity index is 324. The Hall–Kier alpha value is -0.823. The smallest absolute Gasteiger partial charge is 0.0651 e. The predicted molar refractivity (Wildman–Crippen MR) is 56.7 cm³/mol. The molecule has 1 aromatic rings. The zero-order valence-corrected chi connectivity index (χ0v) is 8.70. The summed E-state index contributed by atoms with van der Waals surface area (Å²) in [6.45, 7) is 4.75. The molecule has 0 saturated heterocycles. The molecule has 2 rings (SSSR count). The number of hydrogen-bond donors (Lipinski definition) is 0. The largest absolute Gasteiger partial charge is 0.0765 e. The van der Waals surface area contributed by atoms with Gasteiger partial charge in [-0.25, -0.2) is 0 Å². The van der Waals surface area contributed by atoms with Crippen molar-refractivity contribution in [3.05, 3.63) is 47.9 Å². The Kier molecular flexibility index (Phi) is 1.89. The van der Waals surface area contributed by atoms with Crippen molar-refractivity contribution in [3.8, 4) is 0 Å². The van der Waals surface area contributed by atoms with Crippen LogP contribution in [0.25, 0.3) is 5.20 Å². The van der Waals surface area contributed by atoms with Gasteiger partial charge in [0.1, 0.15) is 0 Å². The third-order valence-electron chi connectivity index (χ3n) is 2.34. The highest BCUT2D eigenvalue weighted by Crippen LogP contribution is 2.29. The third kappa shape index (κ3) is 1.14. The molecule has 1 aromatic carbocycles. The van der Waals surface area contributed by atoms with E-state index in [1.807, 2.05) is 0 Å². The summed E-state index contributed by atoms with van der Waals surface area (Å²) in [5, 5.41) is 1.60. The quantitative estimate of drug-likeness (QED) is 0.573. The van der Waals surface area contributed by atoms with E-state index >= 15 is 0 Å². The van der Waals surface area contributed by atoms with Crippen molar-refractivity contribution >= 4 is 14.0 Å². The van der Waals surface area contributed by atoms with E-state index in [1.165, 1.54) is 11.1 Å². The summed E-state index contributed by atoms with van der Waals surface area (Å²) in [5.74, 6) is 0. The van der Waals surface area contributed by atoms with Crippen LogP contribution in [0.2, 0.25) is 13.1 Å². The molecule has 0 nitrogen and oxygen atoms in total. The number of benzene rings is 1. The highest BCUT2D eigenvalue weighted by molar-refractivity contribution is 6.77. The molecule has 1 aliphatic carbocycles. The normalized spacial score (nSPS) is 14.8. The topological polar surface area (TPSA) is 0 Å². The van der Waals surface area contributed by atoms with Gasteiger partial charge in [-0.3, -0.25) is 0 Å². The molecule has 0 aromatic heterocycles. The molecule has 0 saturated carbocycles. The lowest BCUT2D eigenvalue weighted by atomic mass is 10.1. The van der Waals surface area contributed by atoms with E-state index in [4.69, 9.17) is 0 Å². The average molecular weight is 173 g/mol. The molecule has 1 radical (unpaired) electrons. The van der Waals surface area contributed by atoms with Crippen molar-refractivity contribution < 1.29 is 0 Å². The fourth-order valence-corrected chi connectivity index (χ4v) is 3.04. The molecule has 0 N–H and O–H groups in total. The Morgan fingerprint density at radius 2 is 1.83 bits per heavy atom. The van der Waals surface area contributed by atoms with Crippen LogP contribution in [0.1, 0.15) is 11.1 Å². The Morgan fingerprint density at radius 3 is 2.58 bits per heavy atom. The first kappa shape index (κ1) is 7.81. The number of rotatable bonds is 1. The lowest BCUT2D eigenvalue weighted by Gasteiger charge is -2.06. The fourth-order valence-electron chi connectivity index (χ4n) is 1.68. The van der Waals surface area contributed by atoms with Crippen LogP contribution in [0.3, 0.4) is 0 Å². The van der Waals surface area contributed by atoms with Crippen molar-refractivity contribution in [1.82, 2.24) is 0 Å². The lowest BCUT2D eigenvalue weighted by Crippen LogP contribution is -2.02. The first-order chi connectivity index (χ1) is 5.79. The maximum absolute atomic E-state index is 2.38. The molecule has 0 unspecified atom stereocenters. The number of fused-ring (bicyclic) bond motifs is 1. The van der Waals surface area contributed by atoms with Gasteiger partial charge in [-0.15, -0.1) is 0 Å². The van der Waals surface area contributed by atoms with E-state index in [0.29, 0.717) is 0 Å². The molecule has 1 aliphatic rings. The van der Waals surface area contributed by atoms with Crippen LogP contribution in [-0.4, -0.2) is 8.80 Å². The van der Waals surface area contributed by atoms with Crippen molar-refractivity contribution in [2.45, 2.75) is 13.1 Å². The second kappa shape index (κ2) is 2.90. The van der Waals surface area contributed by atoms with Crippen LogP contribution in [0.4, 0.5) is 0 Å². The van der Waals surface area contributed by atoms with E-state index in [0.717, 1.165) is 0 Å². The van der Waals surface area contributed by atoms with E-state index in [9.17, 15) is 0 Å². The Labute approximate surface area is 75.5 Å². The van der Waals surface area contributed by atoms with E-state index in [2.05, 4.69) is 49.9 Å². The SMILES string of the molecule is C[SiH](C)C1=C[CH]c2ccccc21. The number of allylic oxidation sites excluding steroid dienone is 1. The second-order valence-electron chi connectivity index (χ2n) is 3.53. The van der Waals surface area contributed by atoms with Gasteiger partial charge in [0.15, 0.2) is 0 Å². The predicted octanol–water partition coefficient (Wildman–Crippen LogP) is 2.66. The van der Waals surface area contributed by atoms with Gasteiger partial charge < -0.3 is 0 Å². The van der Waals surface area contributed by atoms with Crippen molar-refractivity contribution in [3.63, 3.8) is 0 Å². The highest BCUT2D eigenvalue weighted by Gasteiger charge is 2.15. The van der Waals surface area contributed by atoms with Crippen molar-refractivity contribution in [2.75, 3.05) is 0 Å². The van der Waals surface area contributed by atoms with Gasteiger partial charge in [-0.2, -0.15) is 0 Å². The summed E-state index contributed by atoms with van der Waals surface area (Å²) in [7, 11) is -0.630. The first-order valence-corrected chi connectivity index (χ1v) is 7.32. The minimum absolute atomic E-state index is 0.630. The van der Waals surface area contributed by atoms with E-state index in [1.54, 1.807) is 5.20 Å². The molecule has 1 heteroatoms. The van der Waals surface area contributed by atoms with Crippen LogP contribution in [-0.2, 0) is 0 Å². The molecule has 61 valence electrons. The molecular formula is C11H13Si. The molecule has 0 atom stereocenters. The highest BCUT2D eigenvalue weighted by atomic mass is 28.3. The molecule has 0 spiro atoms. The second-order valence-corrected chi connectivity index (χ2v) is 6.46. The molecule has 12 heavy (non-hydrogen) atoms. The van der Waals surface area contributed by atoms with Crippen LogP contribution in [0.15, 0.2) is 30.3 Å². The van der Waals surface area contributed by atoms with Crippen LogP contribution < -0.4 is 0 Å². The Morgan fingerprint density at radius 1 is 1.08 bits per heavy atom. The monoisotopic (exact) mass is 173 g/mol. The van der Waals surface area contributed by atoms with Gasteiger partial charge in [0.05, 0.1) is 8.80 Å². The Balaban J connectivity index is 2.45. The summed E-state index contributed by atoms with van der Waals surface area (Å²) < 4.78 is 0. The first-order valence-electron chi connectivity index (χ1n) is 4.43. The zero-order valence-electron chi connectivity index (χ0n) is 7.54. The lowest BCUT2D eigenvalue weighted by molar-refractivity contribution is 1.54. The summed E-state index contributed by atoms with van der Waals surface area (Å²) in [6.07, 6.45) is 4.53. The van der Waals surface area contributed by atoms with Gasteiger partial charge in [-0.05, 0) is 11.1 Å². The minimum Gasteiger partial charge on any atom is -0.0765 e. The zero-order chi connectivity index (χ0) is 8.55. The third-order valence-corrected chi connectivity index (χ3v) is 4.08. The molecule has 0 fully saturated rings. The average Bonchev–Trinajstić information content (AvgIpc) is 2.47. The molecule has 0 bridgehead atoms. The van der Waals surface area contributed by atoms with Gasteiger partial charge in [0.25, 0.3) is 0 Å². The molecule has 0 heterocycles. The van der Waals surface area contributed by atoms with Gasteiger partial charge >= 0.3 is 0 Å². The van der Waals surface area contributed by atoms with Crippen LogP contribution in [0.5, 0.6) is 0 Å².